The summed E-state index contributed by atoms with van der Waals surface area (Å²) in [7, 11) is 1.34. The van der Waals surface area contributed by atoms with Gasteiger partial charge in [0.25, 0.3) is 0 Å². The predicted molar refractivity (Wildman–Crippen MR) is 54.9 cm³/mol. The van der Waals surface area contributed by atoms with Gasteiger partial charge in [0.1, 0.15) is 6.04 Å². The lowest BCUT2D eigenvalue weighted by molar-refractivity contribution is -0.142. The maximum absolute atomic E-state index is 11.2. The van der Waals surface area contributed by atoms with E-state index in [0.29, 0.717) is 0 Å². The smallest absolute Gasteiger partial charge is 0.327 e. The van der Waals surface area contributed by atoms with Crippen molar-refractivity contribution in [3.63, 3.8) is 0 Å². The van der Waals surface area contributed by atoms with Crippen molar-refractivity contribution in [1.29, 1.82) is 0 Å². The molecule has 0 saturated carbocycles. The van der Waals surface area contributed by atoms with Crippen LogP contribution in [0.1, 0.15) is 22.7 Å². The van der Waals surface area contributed by atoms with Crippen molar-refractivity contribution in [2.24, 2.45) is 5.73 Å². The average Bonchev–Trinajstić information content (AvgIpc) is 2.20. The molecule has 76 valence electrons. The molecule has 3 nitrogen and oxygen atoms in total. The van der Waals surface area contributed by atoms with E-state index >= 15 is 0 Å². The fourth-order valence-electron chi connectivity index (χ4n) is 1.36. The summed E-state index contributed by atoms with van der Waals surface area (Å²) >= 11 is 0. The number of nitrogens with two attached hydrogens (primary N) is 1. The highest BCUT2D eigenvalue weighted by molar-refractivity contribution is 5.77. The van der Waals surface area contributed by atoms with Crippen LogP contribution >= 0.6 is 0 Å². The number of carbonyl (C=O) groups excluding carboxylic acids is 1. The van der Waals surface area contributed by atoms with Crippen LogP contribution in [0.25, 0.3) is 0 Å². The van der Waals surface area contributed by atoms with Gasteiger partial charge >= 0.3 is 5.97 Å². The molecule has 0 spiro atoms. The van der Waals surface area contributed by atoms with Gasteiger partial charge in [-0.15, -0.1) is 0 Å². The topological polar surface area (TPSA) is 52.3 Å². The highest BCUT2D eigenvalue weighted by atomic mass is 16.5. The monoisotopic (exact) mass is 193 g/mol. The molecule has 3 heteroatoms. The maximum atomic E-state index is 11.2. The molecule has 0 amide bonds. The first-order valence-electron chi connectivity index (χ1n) is 4.47. The zero-order valence-electron chi connectivity index (χ0n) is 8.70. The molecule has 2 N–H and O–H groups in total. The van der Waals surface area contributed by atoms with Gasteiger partial charge < -0.3 is 10.5 Å². The first-order valence-corrected chi connectivity index (χ1v) is 4.47. The van der Waals surface area contributed by atoms with Crippen LogP contribution in [-0.2, 0) is 9.53 Å². The number of benzene rings is 1. The van der Waals surface area contributed by atoms with Gasteiger partial charge in [0.05, 0.1) is 7.11 Å². The van der Waals surface area contributed by atoms with Crippen LogP contribution in [0.4, 0.5) is 0 Å². The number of ether oxygens (including phenoxy) is 1. The van der Waals surface area contributed by atoms with E-state index < -0.39 is 12.0 Å². The van der Waals surface area contributed by atoms with Gasteiger partial charge in [-0.25, -0.2) is 0 Å². The van der Waals surface area contributed by atoms with Crippen LogP contribution in [0.3, 0.4) is 0 Å². The van der Waals surface area contributed by atoms with Gasteiger partial charge in [-0.1, -0.05) is 18.2 Å². The van der Waals surface area contributed by atoms with Crippen molar-refractivity contribution in [2.45, 2.75) is 19.9 Å². The Hall–Kier alpha value is -1.35. The van der Waals surface area contributed by atoms with E-state index in [1.165, 1.54) is 7.11 Å². The Labute approximate surface area is 83.9 Å². The first-order chi connectivity index (χ1) is 6.57. The number of carbonyl (C=O) groups is 1. The van der Waals surface area contributed by atoms with Crippen LogP contribution in [0, 0.1) is 13.8 Å². The predicted octanol–water partition coefficient (Wildman–Crippen LogP) is 1.48. The first kappa shape index (κ1) is 10.7. The van der Waals surface area contributed by atoms with Gasteiger partial charge in [-0.05, 0) is 30.5 Å². The summed E-state index contributed by atoms with van der Waals surface area (Å²) in [4.78, 5) is 11.2. The van der Waals surface area contributed by atoms with Gasteiger partial charge in [-0.2, -0.15) is 0 Å². The highest BCUT2D eigenvalue weighted by Crippen LogP contribution is 2.19. The van der Waals surface area contributed by atoms with E-state index in [9.17, 15) is 4.79 Å². The molecular weight excluding hydrogens is 178 g/mol. The van der Waals surface area contributed by atoms with Crippen molar-refractivity contribution < 1.29 is 9.53 Å². The Bertz CT molecular complexity index is 347. The molecule has 0 fully saturated rings. The van der Waals surface area contributed by atoms with E-state index in [1.54, 1.807) is 0 Å². The number of esters is 1. The highest BCUT2D eigenvalue weighted by Gasteiger charge is 2.18. The fourth-order valence-corrected chi connectivity index (χ4v) is 1.36. The van der Waals surface area contributed by atoms with E-state index in [2.05, 4.69) is 4.74 Å². The summed E-state index contributed by atoms with van der Waals surface area (Å²) in [6.45, 7) is 3.94. The quantitative estimate of drug-likeness (QED) is 0.724. The van der Waals surface area contributed by atoms with Gasteiger partial charge in [0.2, 0.25) is 0 Å². The largest absolute Gasteiger partial charge is 0.468 e. The molecule has 0 aliphatic carbocycles. The molecule has 0 bridgehead atoms. The molecule has 0 radical (unpaired) electrons. The average molecular weight is 193 g/mol. The number of rotatable bonds is 2. The molecule has 0 unspecified atom stereocenters. The SMILES string of the molecule is COC(=O)[C@@H](N)c1cccc(C)c1C. The van der Waals surface area contributed by atoms with Crippen molar-refractivity contribution in [1.82, 2.24) is 0 Å². The van der Waals surface area contributed by atoms with E-state index in [0.717, 1.165) is 16.7 Å². The third-order valence-corrected chi connectivity index (χ3v) is 2.44. The number of hydrogen-bond acceptors (Lipinski definition) is 3. The van der Waals surface area contributed by atoms with Crippen LogP contribution in [0.15, 0.2) is 18.2 Å². The molecule has 14 heavy (non-hydrogen) atoms. The van der Waals surface area contributed by atoms with E-state index in [-0.39, 0.29) is 0 Å². The molecule has 1 rings (SSSR count). The number of hydrogen-bond donors (Lipinski definition) is 1. The Balaban J connectivity index is 3.07. The summed E-state index contributed by atoms with van der Waals surface area (Å²) in [5, 5.41) is 0. The summed E-state index contributed by atoms with van der Waals surface area (Å²) in [5.41, 5.74) is 8.75. The summed E-state index contributed by atoms with van der Waals surface area (Å²) in [6, 6.07) is 5.05. The molecule has 0 heterocycles. The van der Waals surface area contributed by atoms with Gasteiger partial charge in [0, 0.05) is 0 Å². The second-order valence-corrected chi connectivity index (χ2v) is 3.29. The second-order valence-electron chi connectivity index (χ2n) is 3.29. The minimum atomic E-state index is -0.681. The van der Waals surface area contributed by atoms with Crippen LogP contribution < -0.4 is 5.73 Å². The van der Waals surface area contributed by atoms with E-state index in [1.807, 2.05) is 32.0 Å². The van der Waals surface area contributed by atoms with Crippen molar-refractivity contribution in [2.75, 3.05) is 7.11 Å². The molecular formula is C11H15NO2. The third-order valence-electron chi connectivity index (χ3n) is 2.44. The molecule has 0 aromatic heterocycles. The minimum Gasteiger partial charge on any atom is -0.468 e. The number of methoxy groups -OCH3 is 1. The lowest BCUT2D eigenvalue weighted by Gasteiger charge is -2.13. The Morgan fingerprint density at radius 2 is 2.07 bits per heavy atom. The number of aryl methyl sites for hydroxylation is 1. The second kappa shape index (κ2) is 4.24. The normalized spacial score (nSPS) is 12.3. The minimum absolute atomic E-state index is 0.404. The molecule has 0 saturated heterocycles. The Morgan fingerprint density at radius 1 is 1.43 bits per heavy atom. The van der Waals surface area contributed by atoms with Crippen LogP contribution in [-0.4, -0.2) is 13.1 Å². The van der Waals surface area contributed by atoms with Gasteiger partial charge in [0.15, 0.2) is 0 Å². The molecule has 1 atom stereocenters. The lowest BCUT2D eigenvalue weighted by atomic mass is 9.98. The molecule has 0 aliphatic heterocycles. The zero-order valence-corrected chi connectivity index (χ0v) is 8.70. The molecule has 1 aromatic carbocycles. The van der Waals surface area contributed by atoms with Crippen molar-refractivity contribution >= 4 is 5.97 Å². The summed E-state index contributed by atoms with van der Waals surface area (Å²) < 4.78 is 4.60. The fraction of sp³-hybridized carbons (Fsp3) is 0.364. The molecule has 1 aromatic rings. The zero-order chi connectivity index (χ0) is 10.7. The van der Waals surface area contributed by atoms with Crippen LogP contribution in [0.2, 0.25) is 0 Å². The Kier molecular flexibility index (Phi) is 3.25. The summed E-state index contributed by atoms with van der Waals surface area (Å²) in [6.07, 6.45) is 0. The lowest BCUT2D eigenvalue weighted by Crippen LogP contribution is -2.23. The van der Waals surface area contributed by atoms with E-state index in [4.69, 9.17) is 5.73 Å². The van der Waals surface area contributed by atoms with Crippen molar-refractivity contribution in [3.05, 3.63) is 34.9 Å². The third kappa shape index (κ3) is 1.93. The molecule has 0 aliphatic rings. The Morgan fingerprint density at radius 3 is 2.64 bits per heavy atom. The maximum Gasteiger partial charge on any atom is 0.327 e. The van der Waals surface area contributed by atoms with Crippen LogP contribution in [0.5, 0.6) is 0 Å². The summed E-state index contributed by atoms with van der Waals surface area (Å²) in [5.74, 6) is -0.404. The van der Waals surface area contributed by atoms with Crippen molar-refractivity contribution in [3.8, 4) is 0 Å². The standard InChI is InChI=1S/C11H15NO2/c1-7-5-4-6-9(8(7)2)10(12)11(13)14-3/h4-6,10H,12H2,1-3H3/t10-/m0/s1. The van der Waals surface area contributed by atoms with Gasteiger partial charge in [-0.3, -0.25) is 4.79 Å².